The topological polar surface area (TPSA) is 26.8 Å². The summed E-state index contributed by atoms with van der Waals surface area (Å²) in [7, 11) is 2.24. The molecule has 2 saturated heterocycles. The summed E-state index contributed by atoms with van der Waals surface area (Å²) in [5, 5.41) is 0. The van der Waals surface area contributed by atoms with Crippen molar-refractivity contribution in [2.45, 2.75) is 37.6 Å². The average molecular weight is 356 g/mol. The first kappa shape index (κ1) is 19.1. The van der Waals surface area contributed by atoms with Crippen molar-refractivity contribution < 1.29 is 4.79 Å². The first-order valence-corrected chi connectivity index (χ1v) is 9.99. The van der Waals surface area contributed by atoms with Crippen LogP contribution < -0.4 is 0 Å². The lowest BCUT2D eigenvalue weighted by Crippen LogP contribution is -2.61. The molecule has 0 aromatic heterocycles. The number of benzene rings is 1. The Morgan fingerprint density at radius 2 is 1.96 bits per heavy atom. The third-order valence-corrected chi connectivity index (χ3v) is 6.22. The van der Waals surface area contributed by atoms with E-state index >= 15 is 0 Å². The standard InChI is InChI=1S/C22H33N3O/c1-3-14-25-16-13-22(12-11-21(25)26)19-24(18-17-23(22)2)15-7-10-20-8-5-4-6-9-20/h3-6,8-9H,1,7,10-19H2,2H3/t22-/m0/s1. The maximum absolute atomic E-state index is 12.4. The molecule has 2 fully saturated rings. The Labute approximate surface area is 158 Å². The normalized spacial score (nSPS) is 25.4. The molecular formula is C22H33N3O. The van der Waals surface area contributed by atoms with Gasteiger partial charge in [0.05, 0.1) is 0 Å². The van der Waals surface area contributed by atoms with Crippen LogP contribution in [0, 0.1) is 0 Å². The summed E-state index contributed by atoms with van der Waals surface area (Å²) in [4.78, 5) is 19.5. The van der Waals surface area contributed by atoms with E-state index in [1.807, 2.05) is 11.0 Å². The van der Waals surface area contributed by atoms with Crippen LogP contribution in [0.25, 0.3) is 0 Å². The molecule has 0 bridgehead atoms. The van der Waals surface area contributed by atoms with Crippen LogP contribution in [0.15, 0.2) is 43.0 Å². The fraction of sp³-hybridized carbons (Fsp3) is 0.591. The van der Waals surface area contributed by atoms with Gasteiger partial charge in [-0.2, -0.15) is 0 Å². The maximum Gasteiger partial charge on any atom is 0.222 e. The summed E-state index contributed by atoms with van der Waals surface area (Å²) in [6.45, 7) is 9.80. The summed E-state index contributed by atoms with van der Waals surface area (Å²) >= 11 is 0. The van der Waals surface area contributed by atoms with Gasteiger partial charge in [0, 0.05) is 44.7 Å². The van der Waals surface area contributed by atoms with Crippen molar-refractivity contribution in [2.75, 3.05) is 46.3 Å². The highest BCUT2D eigenvalue weighted by molar-refractivity contribution is 5.76. The van der Waals surface area contributed by atoms with Gasteiger partial charge in [0.2, 0.25) is 5.91 Å². The largest absolute Gasteiger partial charge is 0.339 e. The molecule has 1 spiro atoms. The number of aryl methyl sites for hydroxylation is 1. The van der Waals surface area contributed by atoms with Crippen molar-refractivity contribution in [2.24, 2.45) is 0 Å². The van der Waals surface area contributed by atoms with Gasteiger partial charge in [-0.3, -0.25) is 9.69 Å². The molecule has 1 aromatic rings. The smallest absolute Gasteiger partial charge is 0.222 e. The zero-order valence-corrected chi connectivity index (χ0v) is 16.2. The van der Waals surface area contributed by atoms with Gasteiger partial charge < -0.3 is 9.80 Å². The maximum atomic E-state index is 12.4. The summed E-state index contributed by atoms with van der Waals surface area (Å²) in [6, 6.07) is 10.8. The molecule has 2 heterocycles. The summed E-state index contributed by atoms with van der Waals surface area (Å²) in [5.74, 6) is 0.288. The Morgan fingerprint density at radius 3 is 2.73 bits per heavy atom. The molecule has 1 atom stereocenters. The Morgan fingerprint density at radius 1 is 1.15 bits per heavy atom. The molecular weight excluding hydrogens is 322 g/mol. The Kier molecular flexibility index (Phi) is 6.49. The number of likely N-dealkylation sites (N-methyl/N-ethyl adjacent to an activating group) is 1. The van der Waals surface area contributed by atoms with Gasteiger partial charge in [-0.15, -0.1) is 6.58 Å². The molecule has 1 aromatic carbocycles. The monoisotopic (exact) mass is 355 g/mol. The number of piperazine rings is 1. The van der Waals surface area contributed by atoms with E-state index in [2.05, 4.69) is 53.8 Å². The van der Waals surface area contributed by atoms with E-state index in [-0.39, 0.29) is 11.4 Å². The molecule has 142 valence electrons. The van der Waals surface area contributed by atoms with Crippen molar-refractivity contribution in [3.8, 4) is 0 Å². The van der Waals surface area contributed by atoms with E-state index in [4.69, 9.17) is 0 Å². The predicted octanol–water partition coefficient (Wildman–Crippen LogP) is 2.80. The zero-order chi connectivity index (χ0) is 18.4. The molecule has 0 radical (unpaired) electrons. The van der Waals surface area contributed by atoms with E-state index in [9.17, 15) is 4.79 Å². The van der Waals surface area contributed by atoms with E-state index in [0.717, 1.165) is 52.0 Å². The van der Waals surface area contributed by atoms with Crippen LogP contribution in [0.1, 0.15) is 31.2 Å². The van der Waals surface area contributed by atoms with E-state index < -0.39 is 0 Å². The molecule has 4 nitrogen and oxygen atoms in total. The highest BCUT2D eigenvalue weighted by atomic mass is 16.2. The minimum Gasteiger partial charge on any atom is -0.339 e. The number of carbonyl (C=O) groups is 1. The van der Waals surface area contributed by atoms with E-state index in [1.165, 1.54) is 12.0 Å². The fourth-order valence-corrected chi connectivity index (χ4v) is 4.47. The first-order valence-electron chi connectivity index (χ1n) is 9.99. The summed E-state index contributed by atoms with van der Waals surface area (Å²) in [6.07, 6.45) is 6.90. The molecule has 4 heteroatoms. The quantitative estimate of drug-likeness (QED) is 0.734. The lowest BCUT2D eigenvalue weighted by Gasteiger charge is -2.49. The van der Waals surface area contributed by atoms with Crippen LogP contribution in [-0.2, 0) is 11.2 Å². The molecule has 0 unspecified atom stereocenters. The van der Waals surface area contributed by atoms with Crippen molar-refractivity contribution >= 4 is 5.91 Å². The summed E-state index contributed by atoms with van der Waals surface area (Å²) in [5.41, 5.74) is 1.58. The number of hydrogen-bond acceptors (Lipinski definition) is 3. The Hall–Kier alpha value is -1.65. The highest BCUT2D eigenvalue weighted by Crippen LogP contribution is 2.32. The Balaban J connectivity index is 1.57. The molecule has 2 aliphatic rings. The van der Waals surface area contributed by atoms with Crippen molar-refractivity contribution in [3.63, 3.8) is 0 Å². The molecule has 0 aliphatic carbocycles. The van der Waals surface area contributed by atoms with Crippen LogP contribution in [0.3, 0.4) is 0 Å². The van der Waals surface area contributed by atoms with Crippen molar-refractivity contribution in [3.05, 3.63) is 48.6 Å². The van der Waals surface area contributed by atoms with Crippen LogP contribution in [0.5, 0.6) is 0 Å². The highest BCUT2D eigenvalue weighted by Gasteiger charge is 2.41. The average Bonchev–Trinajstić information content (AvgIpc) is 2.81. The number of rotatable bonds is 6. The van der Waals surface area contributed by atoms with Gasteiger partial charge in [0.1, 0.15) is 0 Å². The van der Waals surface area contributed by atoms with Gasteiger partial charge in [-0.1, -0.05) is 36.4 Å². The minimum atomic E-state index is 0.149. The van der Waals surface area contributed by atoms with Crippen LogP contribution in [0.2, 0.25) is 0 Å². The third-order valence-electron chi connectivity index (χ3n) is 6.22. The first-order chi connectivity index (χ1) is 12.6. The predicted molar refractivity (Wildman–Crippen MR) is 107 cm³/mol. The van der Waals surface area contributed by atoms with Gasteiger partial charge >= 0.3 is 0 Å². The second kappa shape index (κ2) is 8.83. The van der Waals surface area contributed by atoms with Gasteiger partial charge in [-0.05, 0) is 44.8 Å². The van der Waals surface area contributed by atoms with Crippen LogP contribution >= 0.6 is 0 Å². The number of carbonyl (C=O) groups excluding carboxylic acids is 1. The summed E-state index contributed by atoms with van der Waals surface area (Å²) < 4.78 is 0. The Bertz CT molecular complexity index is 603. The number of likely N-dealkylation sites (tertiary alicyclic amines) is 1. The SMILES string of the molecule is C=CCN1CC[C@@]2(CCC1=O)CN(CCCc1ccccc1)CCN2C. The van der Waals surface area contributed by atoms with Gasteiger partial charge in [-0.25, -0.2) is 0 Å². The van der Waals surface area contributed by atoms with Crippen LogP contribution in [-0.4, -0.2) is 72.5 Å². The molecule has 26 heavy (non-hydrogen) atoms. The second-order valence-corrected chi connectivity index (χ2v) is 7.89. The number of nitrogens with zero attached hydrogens (tertiary/aromatic N) is 3. The molecule has 2 aliphatic heterocycles. The van der Waals surface area contributed by atoms with Crippen LogP contribution in [0.4, 0.5) is 0 Å². The molecule has 0 saturated carbocycles. The third kappa shape index (κ3) is 4.54. The molecule has 3 rings (SSSR count). The zero-order valence-electron chi connectivity index (χ0n) is 16.2. The molecule has 0 N–H and O–H groups in total. The van der Waals surface area contributed by atoms with Crippen molar-refractivity contribution in [1.29, 1.82) is 0 Å². The minimum absolute atomic E-state index is 0.149. The lowest BCUT2D eigenvalue weighted by atomic mass is 9.86. The molecule has 1 amide bonds. The fourth-order valence-electron chi connectivity index (χ4n) is 4.47. The number of amides is 1. The van der Waals surface area contributed by atoms with E-state index in [1.54, 1.807) is 0 Å². The lowest BCUT2D eigenvalue weighted by molar-refractivity contribution is -0.130. The number of hydrogen-bond donors (Lipinski definition) is 0. The van der Waals surface area contributed by atoms with Gasteiger partial charge in [0.25, 0.3) is 0 Å². The van der Waals surface area contributed by atoms with Gasteiger partial charge in [0.15, 0.2) is 0 Å². The van der Waals surface area contributed by atoms with Crippen molar-refractivity contribution in [1.82, 2.24) is 14.7 Å². The second-order valence-electron chi connectivity index (χ2n) is 7.89. The van der Waals surface area contributed by atoms with E-state index in [0.29, 0.717) is 13.0 Å².